The molecule has 0 spiro atoms. The van der Waals surface area contributed by atoms with E-state index in [1.54, 1.807) is 7.11 Å². The first kappa shape index (κ1) is 12.3. The summed E-state index contributed by atoms with van der Waals surface area (Å²) in [6.07, 6.45) is 0.618. The summed E-state index contributed by atoms with van der Waals surface area (Å²) in [4.78, 5) is 0. The highest BCUT2D eigenvalue weighted by molar-refractivity contribution is 5.76. The van der Waals surface area contributed by atoms with Gasteiger partial charge in [-0.05, 0) is 49.2 Å². The van der Waals surface area contributed by atoms with Crippen molar-refractivity contribution in [2.75, 3.05) is 7.11 Å². The normalized spacial score (nSPS) is 14.1. The van der Waals surface area contributed by atoms with Gasteiger partial charge in [0.25, 0.3) is 0 Å². The van der Waals surface area contributed by atoms with Gasteiger partial charge in [-0.25, -0.2) is 0 Å². The van der Waals surface area contributed by atoms with Crippen LogP contribution in [0.3, 0.4) is 0 Å². The van der Waals surface area contributed by atoms with E-state index < -0.39 is 0 Å². The fraction of sp³-hybridized carbons (Fsp3) is 0.375. The average molecular weight is 257 g/mol. The lowest BCUT2D eigenvalue weighted by molar-refractivity contribution is 0.173. The van der Waals surface area contributed by atoms with E-state index in [9.17, 15) is 5.11 Å². The largest absolute Gasteiger partial charge is 0.497 e. The van der Waals surface area contributed by atoms with Crippen molar-refractivity contribution in [3.63, 3.8) is 0 Å². The average Bonchev–Trinajstić information content (AvgIpc) is 2.85. The molecule has 1 atom stereocenters. The molecular weight excluding hydrogens is 238 g/mol. The summed E-state index contributed by atoms with van der Waals surface area (Å²) in [7, 11) is 1.70. The molecule has 1 N–H and O–H groups in total. The van der Waals surface area contributed by atoms with Gasteiger partial charge in [-0.2, -0.15) is 0 Å². The van der Waals surface area contributed by atoms with Gasteiger partial charge in [-0.1, -0.05) is 0 Å². The lowest BCUT2D eigenvalue weighted by Crippen LogP contribution is -2.13. The third kappa shape index (κ3) is 1.94. The number of methoxy groups -OCH3 is 1. The summed E-state index contributed by atoms with van der Waals surface area (Å²) in [6.45, 7) is 4.58. The number of aliphatic hydroxyl groups is 1. The van der Waals surface area contributed by atoms with Crippen LogP contribution >= 0.6 is 0 Å². The lowest BCUT2D eigenvalue weighted by Gasteiger charge is -2.14. The van der Waals surface area contributed by atoms with E-state index in [2.05, 4.69) is 29.7 Å². The quantitative estimate of drug-likeness (QED) is 0.783. The number of fused-ring (bicyclic) bond motifs is 3. The zero-order chi connectivity index (χ0) is 13.6. The Hall–Kier alpha value is -1.74. The maximum atomic E-state index is 9.67. The molecule has 1 aliphatic rings. The summed E-state index contributed by atoms with van der Waals surface area (Å²) in [6, 6.07) is 8.46. The van der Waals surface area contributed by atoms with Gasteiger partial charge in [-0.15, -0.1) is 0 Å². The van der Waals surface area contributed by atoms with Crippen LogP contribution < -0.4 is 4.74 Å². The van der Waals surface area contributed by atoms with E-state index in [0.717, 1.165) is 12.2 Å². The Bertz CT molecular complexity index is 626. The van der Waals surface area contributed by atoms with Crippen molar-refractivity contribution < 1.29 is 9.84 Å². The summed E-state index contributed by atoms with van der Waals surface area (Å²) < 4.78 is 7.51. The van der Waals surface area contributed by atoms with E-state index >= 15 is 0 Å². The minimum absolute atomic E-state index is 0.336. The van der Waals surface area contributed by atoms with E-state index in [1.807, 2.05) is 13.0 Å². The molecule has 3 rings (SSSR count). The lowest BCUT2D eigenvalue weighted by atomic mass is 10.1. The fourth-order valence-electron chi connectivity index (χ4n) is 2.98. The Morgan fingerprint density at radius 1 is 1.32 bits per heavy atom. The van der Waals surface area contributed by atoms with Gasteiger partial charge in [0.15, 0.2) is 0 Å². The van der Waals surface area contributed by atoms with Crippen molar-refractivity contribution in [1.29, 1.82) is 0 Å². The van der Waals surface area contributed by atoms with Gasteiger partial charge in [0.05, 0.1) is 18.9 Å². The van der Waals surface area contributed by atoms with Crippen LogP contribution in [-0.2, 0) is 13.0 Å². The van der Waals surface area contributed by atoms with Crippen LogP contribution in [0, 0.1) is 6.92 Å². The number of aryl methyl sites for hydroxylation is 1. The van der Waals surface area contributed by atoms with Crippen LogP contribution in [0.5, 0.6) is 5.75 Å². The zero-order valence-electron chi connectivity index (χ0n) is 11.6. The number of nitrogens with zero attached hydrogens (tertiary/aromatic N) is 1. The predicted octanol–water partition coefficient (Wildman–Crippen LogP) is 2.76. The number of hydrogen-bond acceptors (Lipinski definition) is 2. The molecule has 0 saturated heterocycles. The highest BCUT2D eigenvalue weighted by Gasteiger charge is 2.24. The van der Waals surface area contributed by atoms with Gasteiger partial charge in [0.2, 0.25) is 0 Å². The second-order valence-electron chi connectivity index (χ2n) is 5.32. The minimum atomic E-state index is -0.336. The summed E-state index contributed by atoms with van der Waals surface area (Å²) in [5, 5.41) is 9.67. The van der Waals surface area contributed by atoms with Crippen molar-refractivity contribution in [1.82, 2.24) is 4.57 Å². The third-order valence-electron chi connectivity index (χ3n) is 3.78. The van der Waals surface area contributed by atoms with Crippen molar-refractivity contribution in [2.45, 2.75) is 32.9 Å². The van der Waals surface area contributed by atoms with Crippen LogP contribution in [0.15, 0.2) is 24.3 Å². The van der Waals surface area contributed by atoms with Crippen LogP contribution in [0.4, 0.5) is 0 Å². The molecule has 100 valence electrons. The highest BCUT2D eigenvalue weighted by atomic mass is 16.5. The molecule has 0 radical (unpaired) electrons. The summed E-state index contributed by atoms with van der Waals surface area (Å²) in [5.41, 5.74) is 6.40. The first-order valence-electron chi connectivity index (χ1n) is 6.64. The Labute approximate surface area is 113 Å². The first-order chi connectivity index (χ1) is 9.10. The molecular formula is C16H19NO2. The minimum Gasteiger partial charge on any atom is -0.497 e. The molecule has 2 aromatic rings. The van der Waals surface area contributed by atoms with Crippen LogP contribution in [0.2, 0.25) is 0 Å². The Kier molecular flexibility index (Phi) is 2.86. The SMILES string of the molecule is COc1ccc2c(c1)Cc1cc(C)n(CC(C)O)c1-2. The van der Waals surface area contributed by atoms with Crippen molar-refractivity contribution in [2.24, 2.45) is 0 Å². The molecule has 3 heteroatoms. The molecule has 1 unspecified atom stereocenters. The van der Waals surface area contributed by atoms with Crippen molar-refractivity contribution in [3.05, 3.63) is 41.1 Å². The molecule has 19 heavy (non-hydrogen) atoms. The second kappa shape index (κ2) is 4.42. The molecule has 0 fully saturated rings. The Balaban J connectivity index is 2.11. The maximum absolute atomic E-state index is 9.67. The number of benzene rings is 1. The monoisotopic (exact) mass is 257 g/mol. The molecule has 1 aromatic heterocycles. The van der Waals surface area contributed by atoms with Crippen LogP contribution in [-0.4, -0.2) is 22.9 Å². The Morgan fingerprint density at radius 3 is 2.79 bits per heavy atom. The van der Waals surface area contributed by atoms with E-state index in [4.69, 9.17) is 4.74 Å². The van der Waals surface area contributed by atoms with Crippen LogP contribution in [0.25, 0.3) is 11.3 Å². The molecule has 3 nitrogen and oxygen atoms in total. The van der Waals surface area contributed by atoms with Crippen molar-refractivity contribution in [3.8, 4) is 17.0 Å². The number of aliphatic hydroxyl groups excluding tert-OH is 1. The third-order valence-corrected chi connectivity index (χ3v) is 3.78. The molecule has 0 aliphatic heterocycles. The number of rotatable bonds is 3. The summed E-state index contributed by atoms with van der Waals surface area (Å²) in [5.74, 6) is 0.905. The fourth-order valence-corrected chi connectivity index (χ4v) is 2.98. The topological polar surface area (TPSA) is 34.4 Å². The van der Waals surface area contributed by atoms with Gasteiger partial charge in [0.1, 0.15) is 5.75 Å². The smallest absolute Gasteiger partial charge is 0.119 e. The van der Waals surface area contributed by atoms with E-state index in [-0.39, 0.29) is 6.10 Å². The molecule has 0 amide bonds. The first-order valence-corrected chi connectivity index (χ1v) is 6.64. The van der Waals surface area contributed by atoms with Gasteiger partial charge >= 0.3 is 0 Å². The molecule has 0 saturated carbocycles. The van der Waals surface area contributed by atoms with Gasteiger partial charge in [-0.3, -0.25) is 0 Å². The molecule has 1 heterocycles. The maximum Gasteiger partial charge on any atom is 0.119 e. The Morgan fingerprint density at radius 2 is 2.11 bits per heavy atom. The molecule has 1 aromatic carbocycles. The number of hydrogen-bond donors (Lipinski definition) is 1. The number of ether oxygens (including phenoxy) is 1. The highest BCUT2D eigenvalue weighted by Crippen LogP contribution is 2.40. The van der Waals surface area contributed by atoms with Crippen LogP contribution in [0.1, 0.15) is 23.7 Å². The van der Waals surface area contributed by atoms with Gasteiger partial charge < -0.3 is 14.4 Å². The number of aromatic nitrogens is 1. The second-order valence-corrected chi connectivity index (χ2v) is 5.32. The molecule has 1 aliphatic carbocycles. The molecule has 0 bridgehead atoms. The zero-order valence-corrected chi connectivity index (χ0v) is 11.6. The van der Waals surface area contributed by atoms with Gasteiger partial charge in [0, 0.05) is 24.2 Å². The van der Waals surface area contributed by atoms with E-state index in [1.165, 1.54) is 28.1 Å². The summed E-state index contributed by atoms with van der Waals surface area (Å²) >= 11 is 0. The van der Waals surface area contributed by atoms with E-state index in [0.29, 0.717) is 6.54 Å². The van der Waals surface area contributed by atoms with Crippen molar-refractivity contribution >= 4 is 0 Å². The predicted molar refractivity (Wildman–Crippen MR) is 75.6 cm³/mol. The standard InChI is InChI=1S/C16H19NO2/c1-10-6-13-7-12-8-14(19-3)4-5-15(12)16(13)17(10)9-11(2)18/h4-6,8,11,18H,7,9H2,1-3H3.